The van der Waals surface area contributed by atoms with Gasteiger partial charge in [-0.1, -0.05) is 84.4 Å². The Morgan fingerprint density at radius 1 is 0.902 bits per heavy atom. The molecule has 0 aromatic heterocycles. The molecule has 6 nitrogen and oxygen atoms in total. The number of hydrogen-bond acceptors (Lipinski definition) is 6. The van der Waals surface area contributed by atoms with Gasteiger partial charge in [0.1, 0.15) is 35.5 Å². The number of rotatable bonds is 6. The van der Waals surface area contributed by atoms with E-state index in [1.54, 1.807) is 24.3 Å². The number of hydrogen-bond donors (Lipinski definition) is 1. The molecule has 1 heterocycles. The number of fused-ring (bicyclic) bond motifs is 2. The fourth-order valence-corrected chi connectivity index (χ4v) is 5.02. The summed E-state index contributed by atoms with van der Waals surface area (Å²) in [5.41, 5.74) is 10.9. The summed E-state index contributed by atoms with van der Waals surface area (Å²) in [4.78, 5) is 13.1. The van der Waals surface area contributed by atoms with Gasteiger partial charge < -0.3 is 19.9 Å². The molecule has 0 spiro atoms. The first kappa shape index (κ1) is 25.7. The van der Waals surface area contributed by atoms with E-state index in [0.717, 1.165) is 27.5 Å². The molecule has 0 fully saturated rings. The lowest BCUT2D eigenvalue weighted by Crippen LogP contribution is -2.21. The summed E-state index contributed by atoms with van der Waals surface area (Å²) in [6.45, 7) is 2.50. The summed E-state index contributed by atoms with van der Waals surface area (Å²) in [7, 11) is 0. The molecule has 5 aromatic rings. The van der Waals surface area contributed by atoms with Crippen molar-refractivity contribution in [1.82, 2.24) is 0 Å². The minimum Gasteiger partial charge on any atom is -0.489 e. The summed E-state index contributed by atoms with van der Waals surface area (Å²) >= 11 is 0. The van der Waals surface area contributed by atoms with E-state index in [9.17, 15) is 10.1 Å². The van der Waals surface area contributed by atoms with Gasteiger partial charge in [0.05, 0.1) is 11.5 Å². The van der Waals surface area contributed by atoms with Gasteiger partial charge in [-0.3, -0.25) is 0 Å². The van der Waals surface area contributed by atoms with E-state index in [2.05, 4.69) is 18.2 Å². The second kappa shape index (κ2) is 10.9. The summed E-state index contributed by atoms with van der Waals surface area (Å²) in [5, 5.41) is 11.7. The highest BCUT2D eigenvalue weighted by Gasteiger charge is 2.31. The lowest BCUT2D eigenvalue weighted by atomic mass is 9.83. The van der Waals surface area contributed by atoms with Crippen LogP contribution in [0.5, 0.6) is 17.2 Å². The maximum Gasteiger partial charge on any atom is 0.344 e. The van der Waals surface area contributed by atoms with Gasteiger partial charge >= 0.3 is 5.97 Å². The molecule has 0 aliphatic carbocycles. The third kappa shape index (κ3) is 5.21. The van der Waals surface area contributed by atoms with Crippen LogP contribution in [0.4, 0.5) is 0 Å². The number of aryl methyl sites for hydroxylation is 1. The highest BCUT2D eigenvalue weighted by Crippen LogP contribution is 2.43. The maximum absolute atomic E-state index is 13.1. The lowest BCUT2D eigenvalue weighted by Gasteiger charge is -2.27. The largest absolute Gasteiger partial charge is 0.489 e. The normalized spacial score (nSPS) is 14.1. The van der Waals surface area contributed by atoms with Crippen molar-refractivity contribution in [2.24, 2.45) is 5.73 Å². The van der Waals surface area contributed by atoms with E-state index in [1.165, 1.54) is 5.56 Å². The molecule has 5 aromatic carbocycles. The fraction of sp³-hybridized carbons (Fsp3) is 0.0857. The average Bonchev–Trinajstić information content (AvgIpc) is 3.00. The standard InChI is InChI=1S/C35H26N2O4/c1-22-9-11-23(12-10-22)21-39-26-15-13-25(14-16-26)33-30-18-17-27(19-32(30)41-34(37)31(33)20-36)40-35(38)29-8-4-6-24-5-2-3-7-28(24)29/h2-19,33H,21,37H2,1H3. The summed E-state index contributed by atoms with van der Waals surface area (Å²) in [5.74, 6) is 0.548. The molecule has 6 heteroatoms. The van der Waals surface area contributed by atoms with Crippen molar-refractivity contribution in [1.29, 1.82) is 5.26 Å². The number of esters is 1. The number of nitrogens with zero attached hydrogens (tertiary/aromatic N) is 1. The zero-order valence-electron chi connectivity index (χ0n) is 22.3. The predicted molar refractivity (Wildman–Crippen MR) is 157 cm³/mol. The Morgan fingerprint density at radius 2 is 1.63 bits per heavy atom. The number of allylic oxidation sites excluding steroid dienone is 1. The van der Waals surface area contributed by atoms with Gasteiger partial charge in [0.2, 0.25) is 5.88 Å². The van der Waals surface area contributed by atoms with Gasteiger partial charge in [0.25, 0.3) is 0 Å². The van der Waals surface area contributed by atoms with Crippen LogP contribution < -0.4 is 19.9 Å². The Balaban J connectivity index is 1.24. The molecule has 1 atom stereocenters. The molecule has 0 radical (unpaired) electrons. The molecule has 1 unspecified atom stereocenters. The molecule has 0 bridgehead atoms. The van der Waals surface area contributed by atoms with Crippen LogP contribution >= 0.6 is 0 Å². The second-order valence-electron chi connectivity index (χ2n) is 9.88. The smallest absolute Gasteiger partial charge is 0.344 e. The minimum atomic E-state index is -0.475. The van der Waals surface area contributed by atoms with Gasteiger partial charge in [0.15, 0.2) is 0 Å². The first-order valence-corrected chi connectivity index (χ1v) is 13.2. The lowest BCUT2D eigenvalue weighted by molar-refractivity contribution is 0.0736. The first-order chi connectivity index (χ1) is 20.0. The number of nitrogens with two attached hydrogens (primary N) is 1. The predicted octanol–water partition coefficient (Wildman–Crippen LogP) is 7.16. The van der Waals surface area contributed by atoms with Gasteiger partial charge in [-0.05, 0) is 53.1 Å². The quantitative estimate of drug-likeness (QED) is 0.182. The highest BCUT2D eigenvalue weighted by molar-refractivity contribution is 6.05. The monoisotopic (exact) mass is 538 g/mol. The molecule has 0 saturated carbocycles. The van der Waals surface area contributed by atoms with Crippen LogP contribution in [0, 0.1) is 18.3 Å². The molecule has 1 aliphatic rings. The van der Waals surface area contributed by atoms with Crippen molar-refractivity contribution in [3.05, 3.63) is 148 Å². The Labute approximate surface area is 237 Å². The Bertz CT molecular complexity index is 1830. The first-order valence-electron chi connectivity index (χ1n) is 13.2. The zero-order valence-corrected chi connectivity index (χ0v) is 22.3. The Morgan fingerprint density at radius 3 is 2.41 bits per heavy atom. The third-order valence-electron chi connectivity index (χ3n) is 7.15. The Kier molecular flexibility index (Phi) is 6.85. The van der Waals surface area contributed by atoms with E-state index in [4.69, 9.17) is 19.9 Å². The minimum absolute atomic E-state index is 0.0160. The second-order valence-corrected chi connectivity index (χ2v) is 9.88. The van der Waals surface area contributed by atoms with Crippen molar-refractivity contribution < 1.29 is 19.0 Å². The Hall–Kier alpha value is -5.54. The van der Waals surface area contributed by atoms with Crippen molar-refractivity contribution >= 4 is 16.7 Å². The molecule has 41 heavy (non-hydrogen) atoms. The van der Waals surface area contributed by atoms with E-state index in [1.807, 2.05) is 79.7 Å². The van der Waals surface area contributed by atoms with Gasteiger partial charge in [0, 0.05) is 11.6 Å². The topological polar surface area (TPSA) is 94.6 Å². The molecule has 2 N–H and O–H groups in total. The number of nitriles is 1. The SMILES string of the molecule is Cc1ccc(COc2ccc(C3C(C#N)=C(N)Oc4cc(OC(=O)c5cccc6ccccc56)ccc43)cc2)cc1. The maximum atomic E-state index is 13.1. The molecule has 200 valence electrons. The van der Waals surface area contributed by atoms with Crippen LogP contribution in [0.15, 0.2) is 121 Å². The van der Waals surface area contributed by atoms with Crippen molar-refractivity contribution in [2.45, 2.75) is 19.4 Å². The van der Waals surface area contributed by atoms with Crippen LogP contribution in [0.1, 0.15) is 38.5 Å². The summed E-state index contributed by atoms with van der Waals surface area (Å²) in [6.07, 6.45) is 0. The molecular formula is C35H26N2O4. The van der Waals surface area contributed by atoms with Crippen molar-refractivity contribution in [3.63, 3.8) is 0 Å². The van der Waals surface area contributed by atoms with Crippen molar-refractivity contribution in [2.75, 3.05) is 0 Å². The van der Waals surface area contributed by atoms with Gasteiger partial charge in [-0.2, -0.15) is 5.26 Å². The average molecular weight is 539 g/mol. The fourth-order valence-electron chi connectivity index (χ4n) is 5.02. The summed E-state index contributed by atoms with van der Waals surface area (Å²) < 4.78 is 17.5. The highest BCUT2D eigenvalue weighted by atomic mass is 16.5. The third-order valence-corrected chi connectivity index (χ3v) is 7.15. The van der Waals surface area contributed by atoms with E-state index in [0.29, 0.717) is 35.0 Å². The summed E-state index contributed by atoms with van der Waals surface area (Å²) in [6, 6.07) is 36.3. The zero-order chi connectivity index (χ0) is 28.3. The van der Waals surface area contributed by atoms with Crippen LogP contribution in [-0.4, -0.2) is 5.97 Å². The van der Waals surface area contributed by atoms with Crippen LogP contribution in [0.3, 0.4) is 0 Å². The van der Waals surface area contributed by atoms with Crippen LogP contribution in [-0.2, 0) is 6.61 Å². The molecule has 1 aliphatic heterocycles. The number of carbonyl (C=O) groups excluding carboxylic acids is 1. The van der Waals surface area contributed by atoms with Gasteiger partial charge in [-0.15, -0.1) is 0 Å². The van der Waals surface area contributed by atoms with Crippen LogP contribution in [0.2, 0.25) is 0 Å². The van der Waals surface area contributed by atoms with E-state index >= 15 is 0 Å². The molecular weight excluding hydrogens is 512 g/mol. The molecule has 6 rings (SSSR count). The van der Waals surface area contributed by atoms with E-state index < -0.39 is 11.9 Å². The van der Waals surface area contributed by atoms with Crippen LogP contribution in [0.25, 0.3) is 10.8 Å². The van der Waals surface area contributed by atoms with Gasteiger partial charge in [-0.25, -0.2) is 4.79 Å². The number of ether oxygens (including phenoxy) is 3. The molecule has 0 saturated heterocycles. The van der Waals surface area contributed by atoms with Crippen molar-refractivity contribution in [3.8, 4) is 23.3 Å². The molecule has 0 amide bonds. The number of carbonyl (C=O) groups is 1. The van der Waals surface area contributed by atoms with E-state index in [-0.39, 0.29) is 5.88 Å². The number of benzene rings is 5.